The molecule has 0 aliphatic heterocycles. The Kier molecular flexibility index (Phi) is 4.14. The number of hydrogen-bond donors (Lipinski definition) is 0. The van der Waals surface area contributed by atoms with Crippen molar-refractivity contribution in [2.75, 3.05) is 0 Å². The first-order valence-electron chi connectivity index (χ1n) is 8.25. The van der Waals surface area contributed by atoms with Crippen molar-refractivity contribution in [2.24, 2.45) is 5.92 Å². The van der Waals surface area contributed by atoms with E-state index in [2.05, 4.69) is 51.7 Å². The highest BCUT2D eigenvalue weighted by Crippen LogP contribution is 2.32. The fourth-order valence-electron chi connectivity index (χ4n) is 2.71. The molecule has 0 radical (unpaired) electrons. The minimum atomic E-state index is 0.638. The van der Waals surface area contributed by atoms with Crippen molar-refractivity contribution in [3.8, 4) is 5.69 Å². The molecule has 0 amide bonds. The zero-order chi connectivity index (χ0) is 16.5. The monoisotopic (exact) mass is 340 g/mol. The van der Waals surface area contributed by atoms with E-state index in [1.165, 1.54) is 24.0 Å². The summed E-state index contributed by atoms with van der Waals surface area (Å²) >= 11 is 1.62. The van der Waals surface area contributed by atoms with Gasteiger partial charge in [0, 0.05) is 18.8 Å². The minimum Gasteiger partial charge on any atom is -0.338 e. The Labute approximate surface area is 145 Å². The quantitative estimate of drug-likeness (QED) is 0.632. The van der Waals surface area contributed by atoms with Gasteiger partial charge in [-0.3, -0.25) is 4.57 Å². The smallest absolute Gasteiger partial charge is 0.237 e. The zero-order valence-electron chi connectivity index (χ0n) is 13.9. The predicted octanol–water partition coefficient (Wildman–Crippen LogP) is 4.12. The summed E-state index contributed by atoms with van der Waals surface area (Å²) in [6.45, 7) is 4.27. The van der Waals surface area contributed by atoms with E-state index in [-0.39, 0.29) is 0 Å². The highest BCUT2D eigenvalue weighted by Gasteiger charge is 2.24. The van der Waals surface area contributed by atoms with Gasteiger partial charge in [-0.15, -0.1) is 0 Å². The number of benzene rings is 1. The van der Waals surface area contributed by atoms with Gasteiger partial charge in [0.15, 0.2) is 11.0 Å². The van der Waals surface area contributed by atoms with Gasteiger partial charge in [-0.1, -0.05) is 29.1 Å². The predicted molar refractivity (Wildman–Crippen MR) is 93.3 cm³/mol. The second kappa shape index (κ2) is 6.43. The summed E-state index contributed by atoms with van der Waals surface area (Å²) in [6, 6.07) is 6.32. The molecular weight excluding hydrogens is 320 g/mol. The van der Waals surface area contributed by atoms with E-state index < -0.39 is 0 Å². The van der Waals surface area contributed by atoms with Crippen molar-refractivity contribution < 1.29 is 4.52 Å². The molecule has 2 heterocycles. The van der Waals surface area contributed by atoms with Crippen molar-refractivity contribution >= 4 is 11.8 Å². The lowest BCUT2D eigenvalue weighted by Crippen LogP contribution is -1.99. The molecule has 0 unspecified atom stereocenters. The van der Waals surface area contributed by atoms with Crippen LogP contribution in [-0.4, -0.2) is 19.7 Å². The van der Waals surface area contributed by atoms with Crippen LogP contribution in [0.5, 0.6) is 0 Å². The normalized spacial score (nSPS) is 14.2. The Morgan fingerprint density at radius 3 is 3.00 bits per heavy atom. The number of aryl methyl sites for hydroxylation is 1. The molecule has 1 saturated carbocycles. The number of nitrogens with zero attached hydrogens (tertiary/aromatic N) is 4. The number of rotatable bonds is 6. The number of thioether (sulfide) groups is 1. The molecule has 3 aromatic rings. The first-order chi connectivity index (χ1) is 11.7. The van der Waals surface area contributed by atoms with Crippen LogP contribution in [0.1, 0.15) is 35.7 Å². The first-order valence-corrected chi connectivity index (χ1v) is 9.23. The van der Waals surface area contributed by atoms with Gasteiger partial charge in [0.1, 0.15) is 0 Å². The minimum absolute atomic E-state index is 0.638. The molecule has 4 rings (SSSR count). The van der Waals surface area contributed by atoms with Crippen molar-refractivity contribution in [3.63, 3.8) is 0 Å². The summed E-state index contributed by atoms with van der Waals surface area (Å²) in [5, 5.41) is 5.01. The molecule has 6 heteroatoms. The van der Waals surface area contributed by atoms with Gasteiger partial charge in [-0.2, -0.15) is 4.98 Å². The van der Waals surface area contributed by atoms with E-state index in [1.54, 1.807) is 11.8 Å². The van der Waals surface area contributed by atoms with E-state index in [0.29, 0.717) is 11.6 Å². The maximum Gasteiger partial charge on any atom is 0.237 e. The Balaban J connectivity index is 1.48. The van der Waals surface area contributed by atoms with Gasteiger partial charge in [-0.25, -0.2) is 4.98 Å². The molecule has 0 saturated heterocycles. The largest absolute Gasteiger partial charge is 0.338 e. The lowest BCUT2D eigenvalue weighted by molar-refractivity contribution is 0.384. The molecule has 0 N–H and O–H groups in total. The van der Waals surface area contributed by atoms with Crippen molar-refractivity contribution in [1.29, 1.82) is 0 Å². The van der Waals surface area contributed by atoms with Crippen LogP contribution in [0.4, 0.5) is 0 Å². The van der Waals surface area contributed by atoms with Crippen LogP contribution in [0.2, 0.25) is 0 Å². The summed E-state index contributed by atoms with van der Waals surface area (Å²) in [7, 11) is 0. The lowest BCUT2D eigenvalue weighted by Gasteiger charge is -2.11. The van der Waals surface area contributed by atoms with Crippen molar-refractivity contribution in [2.45, 2.75) is 44.0 Å². The molecule has 0 spiro atoms. The molecule has 1 aliphatic carbocycles. The second-order valence-corrected chi connectivity index (χ2v) is 7.28. The molecule has 5 nitrogen and oxygen atoms in total. The summed E-state index contributed by atoms with van der Waals surface area (Å²) in [5.74, 6) is 2.92. The summed E-state index contributed by atoms with van der Waals surface area (Å²) in [5.41, 5.74) is 3.70. The highest BCUT2D eigenvalue weighted by atomic mass is 32.2. The van der Waals surface area contributed by atoms with Crippen molar-refractivity contribution in [1.82, 2.24) is 19.7 Å². The number of aromatic nitrogens is 4. The van der Waals surface area contributed by atoms with Crippen LogP contribution in [0, 0.1) is 19.8 Å². The Bertz CT molecular complexity index is 850. The van der Waals surface area contributed by atoms with E-state index in [9.17, 15) is 0 Å². The van der Waals surface area contributed by atoms with E-state index in [0.717, 1.165) is 29.0 Å². The van der Waals surface area contributed by atoms with Gasteiger partial charge >= 0.3 is 0 Å². The lowest BCUT2D eigenvalue weighted by atomic mass is 10.1. The SMILES string of the molecule is Cc1cccc(-n2ccnc2SCc2nc(CC3CC3)no2)c1C. The average molecular weight is 340 g/mol. The second-order valence-electron chi connectivity index (χ2n) is 6.34. The molecule has 24 heavy (non-hydrogen) atoms. The van der Waals surface area contributed by atoms with E-state index in [1.807, 2.05) is 12.4 Å². The third kappa shape index (κ3) is 3.24. The molecule has 1 aliphatic rings. The van der Waals surface area contributed by atoms with E-state index >= 15 is 0 Å². The Morgan fingerprint density at radius 2 is 2.17 bits per heavy atom. The van der Waals surface area contributed by atoms with Gasteiger partial charge < -0.3 is 4.52 Å². The maximum atomic E-state index is 5.36. The zero-order valence-corrected chi connectivity index (χ0v) is 14.7. The van der Waals surface area contributed by atoms with Crippen LogP contribution in [0.25, 0.3) is 5.69 Å². The number of hydrogen-bond acceptors (Lipinski definition) is 5. The topological polar surface area (TPSA) is 56.7 Å². The van der Waals surface area contributed by atoms with Gasteiger partial charge in [0.25, 0.3) is 0 Å². The van der Waals surface area contributed by atoms with Crippen LogP contribution < -0.4 is 0 Å². The fourth-order valence-corrected chi connectivity index (χ4v) is 3.52. The summed E-state index contributed by atoms with van der Waals surface area (Å²) in [6.07, 6.45) is 7.37. The standard InChI is InChI=1S/C18H20N4OS/c1-12-4-3-5-15(13(12)2)22-9-8-19-18(22)24-11-17-20-16(21-23-17)10-14-6-7-14/h3-5,8-9,14H,6-7,10-11H2,1-2H3. The van der Waals surface area contributed by atoms with Crippen molar-refractivity contribution in [3.05, 3.63) is 53.4 Å². The van der Waals surface area contributed by atoms with E-state index in [4.69, 9.17) is 4.52 Å². The maximum absolute atomic E-state index is 5.36. The molecule has 124 valence electrons. The van der Waals surface area contributed by atoms with Crippen LogP contribution in [0.15, 0.2) is 40.3 Å². The van der Waals surface area contributed by atoms with Crippen LogP contribution >= 0.6 is 11.8 Å². The Morgan fingerprint density at radius 1 is 1.29 bits per heavy atom. The molecule has 0 bridgehead atoms. The summed E-state index contributed by atoms with van der Waals surface area (Å²) in [4.78, 5) is 8.97. The molecule has 0 atom stereocenters. The fraction of sp³-hybridized carbons (Fsp3) is 0.389. The third-order valence-electron chi connectivity index (χ3n) is 4.45. The Hall–Kier alpha value is -2.08. The van der Waals surface area contributed by atoms with Gasteiger partial charge in [0.2, 0.25) is 5.89 Å². The van der Waals surface area contributed by atoms with Crippen LogP contribution in [-0.2, 0) is 12.2 Å². The summed E-state index contributed by atoms with van der Waals surface area (Å²) < 4.78 is 7.48. The molecule has 2 aromatic heterocycles. The molecule has 1 fully saturated rings. The molecule has 1 aromatic carbocycles. The third-order valence-corrected chi connectivity index (χ3v) is 5.40. The molecular formula is C18H20N4OS. The number of imidazole rings is 1. The van der Waals surface area contributed by atoms with Gasteiger partial charge in [-0.05, 0) is 49.8 Å². The highest BCUT2D eigenvalue weighted by molar-refractivity contribution is 7.98. The van der Waals surface area contributed by atoms with Crippen LogP contribution in [0.3, 0.4) is 0 Å². The first kappa shape index (κ1) is 15.4. The average Bonchev–Trinajstić information content (AvgIpc) is 3.08. The van der Waals surface area contributed by atoms with Gasteiger partial charge in [0.05, 0.1) is 11.4 Å².